The highest BCUT2D eigenvalue weighted by Gasteiger charge is 2.05. The fraction of sp³-hybridized carbons (Fsp3) is 0.333. The van der Waals surface area contributed by atoms with Gasteiger partial charge in [0.05, 0.1) is 0 Å². The summed E-state index contributed by atoms with van der Waals surface area (Å²) >= 11 is 0. The molecule has 18 heavy (non-hydrogen) atoms. The average Bonchev–Trinajstić information content (AvgIpc) is 2.43. The van der Waals surface area contributed by atoms with Crippen molar-refractivity contribution in [2.24, 2.45) is 0 Å². The molecule has 0 bridgehead atoms. The van der Waals surface area contributed by atoms with Crippen molar-refractivity contribution < 1.29 is 0 Å². The molecule has 0 heterocycles. The zero-order valence-corrected chi connectivity index (χ0v) is 11.2. The standard InChI is InChI=1S/C18H20/c1-3-4-5-6-10-15(2)17-14-9-12-16-11-7-8-13-18(16)17/h7-9,11-15H,3-5H2,1-2H3/t15-/m0/s1. The number of rotatable bonds is 3. The Bertz CT molecular complexity index is 564. The van der Waals surface area contributed by atoms with Crippen molar-refractivity contribution in [2.75, 3.05) is 0 Å². The van der Waals surface area contributed by atoms with Crippen LogP contribution in [0, 0.1) is 11.8 Å². The van der Waals surface area contributed by atoms with Crippen LogP contribution in [0.2, 0.25) is 0 Å². The monoisotopic (exact) mass is 236 g/mol. The van der Waals surface area contributed by atoms with Crippen LogP contribution in [0.3, 0.4) is 0 Å². The van der Waals surface area contributed by atoms with E-state index >= 15 is 0 Å². The first-order valence-electron chi connectivity index (χ1n) is 6.79. The van der Waals surface area contributed by atoms with Gasteiger partial charge in [0.1, 0.15) is 0 Å². The molecule has 0 nitrogen and oxygen atoms in total. The summed E-state index contributed by atoms with van der Waals surface area (Å²) in [6.07, 6.45) is 3.44. The smallest absolute Gasteiger partial charge is 0.0430 e. The van der Waals surface area contributed by atoms with Gasteiger partial charge in [-0.2, -0.15) is 0 Å². The largest absolute Gasteiger partial charge is 0.103 e. The second-order valence-electron chi connectivity index (χ2n) is 4.71. The first-order valence-corrected chi connectivity index (χ1v) is 6.79. The summed E-state index contributed by atoms with van der Waals surface area (Å²) in [6, 6.07) is 15.0. The van der Waals surface area contributed by atoms with Crippen molar-refractivity contribution in [3.05, 3.63) is 48.0 Å². The predicted octanol–water partition coefficient (Wildman–Crippen LogP) is 5.14. The fourth-order valence-electron chi connectivity index (χ4n) is 2.20. The number of hydrogen-bond donors (Lipinski definition) is 0. The third-order valence-corrected chi connectivity index (χ3v) is 3.26. The van der Waals surface area contributed by atoms with Crippen LogP contribution in [0.4, 0.5) is 0 Å². The minimum absolute atomic E-state index is 0.313. The van der Waals surface area contributed by atoms with Gasteiger partial charge in [-0.15, -0.1) is 5.92 Å². The van der Waals surface area contributed by atoms with Crippen LogP contribution in [0.15, 0.2) is 42.5 Å². The molecule has 0 amide bonds. The Morgan fingerprint density at radius 1 is 1.06 bits per heavy atom. The quantitative estimate of drug-likeness (QED) is 0.511. The molecule has 0 spiro atoms. The molecule has 2 aromatic rings. The van der Waals surface area contributed by atoms with Gasteiger partial charge in [-0.05, 0) is 29.7 Å². The molecular formula is C18H20. The second-order valence-corrected chi connectivity index (χ2v) is 4.71. The van der Waals surface area contributed by atoms with E-state index in [2.05, 4.69) is 68.2 Å². The third-order valence-electron chi connectivity index (χ3n) is 3.26. The molecule has 0 unspecified atom stereocenters. The van der Waals surface area contributed by atoms with Crippen molar-refractivity contribution >= 4 is 10.8 Å². The van der Waals surface area contributed by atoms with Crippen LogP contribution in [0.5, 0.6) is 0 Å². The van der Waals surface area contributed by atoms with Crippen LogP contribution >= 0.6 is 0 Å². The molecule has 1 atom stereocenters. The Morgan fingerprint density at radius 3 is 2.67 bits per heavy atom. The zero-order chi connectivity index (χ0) is 12.8. The highest BCUT2D eigenvalue weighted by atomic mass is 14.1. The molecule has 2 rings (SSSR count). The topological polar surface area (TPSA) is 0 Å². The van der Waals surface area contributed by atoms with Gasteiger partial charge < -0.3 is 0 Å². The van der Waals surface area contributed by atoms with E-state index in [-0.39, 0.29) is 0 Å². The van der Waals surface area contributed by atoms with Gasteiger partial charge >= 0.3 is 0 Å². The third kappa shape index (κ3) is 2.93. The van der Waals surface area contributed by atoms with Gasteiger partial charge in [-0.3, -0.25) is 0 Å². The number of hydrogen-bond acceptors (Lipinski definition) is 0. The Kier molecular flexibility index (Phi) is 4.42. The Balaban J connectivity index is 2.26. The van der Waals surface area contributed by atoms with Crippen molar-refractivity contribution in [2.45, 2.75) is 39.0 Å². The van der Waals surface area contributed by atoms with Crippen molar-refractivity contribution in [1.82, 2.24) is 0 Å². The second kappa shape index (κ2) is 6.26. The molecule has 0 aromatic heterocycles. The van der Waals surface area contributed by atoms with E-state index in [0.717, 1.165) is 6.42 Å². The van der Waals surface area contributed by atoms with Gasteiger partial charge in [-0.25, -0.2) is 0 Å². The molecule has 0 radical (unpaired) electrons. The molecule has 2 aromatic carbocycles. The molecule has 0 aliphatic carbocycles. The van der Waals surface area contributed by atoms with E-state index in [9.17, 15) is 0 Å². The summed E-state index contributed by atoms with van der Waals surface area (Å²) in [4.78, 5) is 0. The summed E-state index contributed by atoms with van der Waals surface area (Å²) in [5.74, 6) is 6.99. The summed E-state index contributed by atoms with van der Waals surface area (Å²) in [5, 5.41) is 2.63. The minimum Gasteiger partial charge on any atom is -0.103 e. The van der Waals surface area contributed by atoms with E-state index in [4.69, 9.17) is 0 Å². The summed E-state index contributed by atoms with van der Waals surface area (Å²) in [5.41, 5.74) is 1.34. The molecular weight excluding hydrogens is 216 g/mol. The van der Waals surface area contributed by atoms with Crippen molar-refractivity contribution in [3.8, 4) is 11.8 Å². The molecule has 92 valence electrons. The van der Waals surface area contributed by atoms with Gasteiger partial charge in [-0.1, -0.05) is 61.7 Å². The number of fused-ring (bicyclic) bond motifs is 1. The van der Waals surface area contributed by atoms with Crippen LogP contribution in [-0.2, 0) is 0 Å². The molecule has 0 aliphatic heterocycles. The maximum Gasteiger partial charge on any atom is 0.0430 e. The normalized spacial score (nSPS) is 11.9. The molecule has 0 heteroatoms. The van der Waals surface area contributed by atoms with E-state index in [1.165, 1.54) is 29.2 Å². The lowest BCUT2D eigenvalue weighted by atomic mass is 9.95. The lowest BCUT2D eigenvalue weighted by molar-refractivity contribution is 0.826. The molecule has 0 saturated carbocycles. The Labute approximate surface area is 110 Å². The van der Waals surface area contributed by atoms with Gasteiger partial charge in [0.25, 0.3) is 0 Å². The predicted molar refractivity (Wildman–Crippen MR) is 79.7 cm³/mol. The van der Waals surface area contributed by atoms with Crippen LogP contribution in [0.25, 0.3) is 10.8 Å². The summed E-state index contributed by atoms with van der Waals surface area (Å²) in [6.45, 7) is 4.40. The molecule has 0 fully saturated rings. The van der Waals surface area contributed by atoms with Crippen LogP contribution < -0.4 is 0 Å². The van der Waals surface area contributed by atoms with Crippen LogP contribution in [0.1, 0.15) is 44.6 Å². The first-order chi connectivity index (χ1) is 8.83. The van der Waals surface area contributed by atoms with Crippen molar-refractivity contribution in [1.29, 1.82) is 0 Å². The van der Waals surface area contributed by atoms with Gasteiger partial charge in [0.2, 0.25) is 0 Å². The lowest BCUT2D eigenvalue weighted by Gasteiger charge is -2.08. The van der Waals surface area contributed by atoms with Gasteiger partial charge in [0.15, 0.2) is 0 Å². The number of unbranched alkanes of at least 4 members (excludes halogenated alkanes) is 2. The van der Waals surface area contributed by atoms with E-state index in [1.54, 1.807) is 0 Å². The minimum atomic E-state index is 0.313. The summed E-state index contributed by atoms with van der Waals surface area (Å²) in [7, 11) is 0. The Morgan fingerprint density at radius 2 is 1.83 bits per heavy atom. The molecule has 0 N–H and O–H groups in total. The zero-order valence-electron chi connectivity index (χ0n) is 11.2. The number of benzene rings is 2. The Hall–Kier alpha value is -1.74. The summed E-state index contributed by atoms with van der Waals surface area (Å²) < 4.78 is 0. The van der Waals surface area contributed by atoms with E-state index < -0.39 is 0 Å². The van der Waals surface area contributed by atoms with Gasteiger partial charge in [0, 0.05) is 12.3 Å². The molecule has 0 saturated heterocycles. The molecule has 0 aliphatic rings. The maximum atomic E-state index is 3.38. The fourth-order valence-corrected chi connectivity index (χ4v) is 2.20. The van der Waals surface area contributed by atoms with E-state index in [0.29, 0.717) is 5.92 Å². The highest BCUT2D eigenvalue weighted by molar-refractivity contribution is 5.86. The van der Waals surface area contributed by atoms with Crippen LogP contribution in [-0.4, -0.2) is 0 Å². The highest BCUT2D eigenvalue weighted by Crippen LogP contribution is 2.24. The van der Waals surface area contributed by atoms with E-state index in [1.807, 2.05) is 0 Å². The SMILES string of the molecule is CCCCC#C[C@H](C)c1cccc2ccccc12. The maximum absolute atomic E-state index is 3.38. The average molecular weight is 236 g/mol. The first kappa shape index (κ1) is 12.7. The van der Waals surface area contributed by atoms with Crippen molar-refractivity contribution in [3.63, 3.8) is 0 Å². The lowest BCUT2D eigenvalue weighted by Crippen LogP contribution is -1.91.